The summed E-state index contributed by atoms with van der Waals surface area (Å²) in [6.45, 7) is 1.14. The molecule has 4 rings (SSSR count). The number of phenolic OH excluding ortho intramolecular Hbond substituents is 1. The van der Waals surface area contributed by atoms with Crippen LogP contribution in [-0.2, 0) is 0 Å². The van der Waals surface area contributed by atoms with E-state index < -0.39 is 11.6 Å². The van der Waals surface area contributed by atoms with Crippen LogP contribution in [0.25, 0.3) is 22.3 Å². The second-order valence-corrected chi connectivity index (χ2v) is 8.74. The van der Waals surface area contributed by atoms with E-state index in [2.05, 4.69) is 29.3 Å². The summed E-state index contributed by atoms with van der Waals surface area (Å²) in [4.78, 5) is 11.4. The van der Waals surface area contributed by atoms with Crippen molar-refractivity contribution in [1.29, 1.82) is 0 Å². The molecule has 5 nitrogen and oxygen atoms in total. The number of fused-ring (bicyclic) bond motifs is 1. The third kappa shape index (κ3) is 4.50. The maximum Gasteiger partial charge on any atom is 0.170 e. The molecule has 30 heavy (non-hydrogen) atoms. The summed E-state index contributed by atoms with van der Waals surface area (Å²) in [6.07, 6.45) is 6.45. The fourth-order valence-electron chi connectivity index (χ4n) is 4.24. The van der Waals surface area contributed by atoms with Gasteiger partial charge in [0.2, 0.25) is 0 Å². The van der Waals surface area contributed by atoms with Crippen LogP contribution in [0.1, 0.15) is 25.7 Å². The summed E-state index contributed by atoms with van der Waals surface area (Å²) >= 11 is 5.95. The average molecular weight is 429 g/mol. The summed E-state index contributed by atoms with van der Waals surface area (Å²) in [6, 6.07) is 8.76. The van der Waals surface area contributed by atoms with Crippen LogP contribution in [0.5, 0.6) is 5.75 Å². The molecule has 2 N–H and O–H groups in total. The molecule has 1 saturated carbocycles. The fourth-order valence-corrected chi connectivity index (χ4v) is 4.45. The number of nitrogens with one attached hydrogen (secondary N) is 1. The first-order valence-corrected chi connectivity index (χ1v) is 10.6. The zero-order valence-corrected chi connectivity index (χ0v) is 18.0. The van der Waals surface area contributed by atoms with Crippen LogP contribution in [0.2, 0.25) is 5.02 Å². The first-order chi connectivity index (χ1) is 14.4. The molecule has 7 heteroatoms. The van der Waals surface area contributed by atoms with Crippen LogP contribution in [-0.4, -0.2) is 46.7 Å². The average Bonchev–Trinajstić information content (AvgIpc) is 2.72. The van der Waals surface area contributed by atoms with E-state index in [0.717, 1.165) is 42.0 Å². The highest BCUT2D eigenvalue weighted by atomic mass is 35.5. The minimum atomic E-state index is -0.765. The van der Waals surface area contributed by atoms with Gasteiger partial charge in [-0.3, -0.25) is 4.98 Å². The van der Waals surface area contributed by atoms with Crippen molar-refractivity contribution in [2.75, 3.05) is 26.0 Å². The molecule has 158 valence electrons. The largest absolute Gasteiger partial charge is 0.504 e. The number of pyridine rings is 2. The van der Waals surface area contributed by atoms with E-state index in [1.54, 1.807) is 12.3 Å². The summed E-state index contributed by atoms with van der Waals surface area (Å²) in [5, 5.41) is 13.2. The number of nitrogens with zero attached hydrogens (tertiary/aromatic N) is 3. The zero-order chi connectivity index (χ0) is 21.3. The minimum Gasteiger partial charge on any atom is -0.504 e. The SMILES string of the molecule is CN(C)CC1CCC(Nc2ccnc3ccc(-c4cc(F)c(O)c(Cl)c4)nc23)CC1. The summed E-state index contributed by atoms with van der Waals surface area (Å²) in [5.41, 5.74) is 3.54. The number of hydrogen-bond acceptors (Lipinski definition) is 5. The highest BCUT2D eigenvalue weighted by Gasteiger charge is 2.22. The Morgan fingerprint density at radius 3 is 2.63 bits per heavy atom. The third-order valence-corrected chi connectivity index (χ3v) is 6.01. The molecule has 0 aliphatic heterocycles. The maximum atomic E-state index is 13.9. The van der Waals surface area contributed by atoms with E-state index in [9.17, 15) is 9.50 Å². The van der Waals surface area contributed by atoms with Crippen molar-refractivity contribution in [2.24, 2.45) is 5.92 Å². The van der Waals surface area contributed by atoms with E-state index >= 15 is 0 Å². The first kappa shape index (κ1) is 20.8. The monoisotopic (exact) mass is 428 g/mol. The van der Waals surface area contributed by atoms with Crippen LogP contribution in [0, 0.1) is 11.7 Å². The number of aromatic nitrogens is 2. The van der Waals surface area contributed by atoms with Crippen molar-refractivity contribution in [3.05, 3.63) is 47.4 Å². The second kappa shape index (κ2) is 8.74. The van der Waals surface area contributed by atoms with Gasteiger partial charge in [0.25, 0.3) is 0 Å². The van der Waals surface area contributed by atoms with Gasteiger partial charge in [-0.1, -0.05) is 11.6 Å². The zero-order valence-electron chi connectivity index (χ0n) is 17.2. The van der Waals surface area contributed by atoms with Gasteiger partial charge in [-0.25, -0.2) is 9.37 Å². The smallest absolute Gasteiger partial charge is 0.170 e. The maximum absolute atomic E-state index is 13.9. The number of hydrogen-bond donors (Lipinski definition) is 2. The van der Waals surface area contributed by atoms with Crippen molar-refractivity contribution in [1.82, 2.24) is 14.9 Å². The fraction of sp³-hybridized carbons (Fsp3) is 0.391. The van der Waals surface area contributed by atoms with E-state index in [1.165, 1.54) is 25.0 Å². The highest BCUT2D eigenvalue weighted by molar-refractivity contribution is 6.32. The van der Waals surface area contributed by atoms with Crippen LogP contribution in [0.15, 0.2) is 36.5 Å². The molecule has 1 aliphatic carbocycles. The Kier molecular flexibility index (Phi) is 6.06. The van der Waals surface area contributed by atoms with Gasteiger partial charge in [-0.2, -0.15) is 0 Å². The Balaban J connectivity index is 1.58. The number of phenols is 1. The minimum absolute atomic E-state index is 0.0362. The molecular weight excluding hydrogens is 403 g/mol. The standard InChI is InChI=1S/C23H26ClFN4O/c1-29(2)13-14-3-5-16(6-4-14)27-21-9-10-26-20-8-7-19(28-22(20)21)15-11-17(24)23(30)18(25)12-15/h7-12,14,16,30H,3-6,13H2,1-2H3,(H,26,27). The lowest BCUT2D eigenvalue weighted by atomic mass is 9.85. The van der Waals surface area contributed by atoms with E-state index in [-0.39, 0.29) is 5.02 Å². The van der Waals surface area contributed by atoms with Crippen molar-refractivity contribution in [3.8, 4) is 17.0 Å². The van der Waals surface area contributed by atoms with Gasteiger partial charge < -0.3 is 15.3 Å². The normalized spacial score (nSPS) is 19.4. The molecule has 3 aromatic rings. The summed E-state index contributed by atoms with van der Waals surface area (Å²) < 4.78 is 13.9. The molecule has 0 atom stereocenters. The topological polar surface area (TPSA) is 61.3 Å². The first-order valence-electron chi connectivity index (χ1n) is 10.3. The predicted molar refractivity (Wildman–Crippen MR) is 120 cm³/mol. The lowest BCUT2D eigenvalue weighted by Crippen LogP contribution is -2.31. The van der Waals surface area contributed by atoms with Crippen LogP contribution in [0.4, 0.5) is 10.1 Å². The Morgan fingerprint density at radius 1 is 1.17 bits per heavy atom. The Morgan fingerprint density at radius 2 is 1.93 bits per heavy atom. The molecule has 0 amide bonds. The molecule has 2 aromatic heterocycles. The molecule has 1 fully saturated rings. The van der Waals surface area contributed by atoms with Gasteiger partial charge in [-0.05, 0) is 76.0 Å². The lowest BCUT2D eigenvalue weighted by Gasteiger charge is -2.31. The molecule has 0 unspecified atom stereocenters. The van der Waals surface area contributed by atoms with Crippen molar-refractivity contribution < 1.29 is 9.50 Å². The van der Waals surface area contributed by atoms with Gasteiger partial charge >= 0.3 is 0 Å². The van der Waals surface area contributed by atoms with Gasteiger partial charge in [0.05, 0.1) is 21.9 Å². The number of halogens is 2. The second-order valence-electron chi connectivity index (χ2n) is 8.34. The summed E-state index contributed by atoms with van der Waals surface area (Å²) in [5.74, 6) is -0.556. The molecule has 1 aromatic carbocycles. The van der Waals surface area contributed by atoms with E-state index in [1.807, 2.05) is 12.1 Å². The van der Waals surface area contributed by atoms with Crippen molar-refractivity contribution in [2.45, 2.75) is 31.7 Å². The lowest BCUT2D eigenvalue weighted by molar-refractivity contribution is 0.255. The molecule has 2 heterocycles. The Hall–Kier alpha value is -2.44. The highest BCUT2D eigenvalue weighted by Crippen LogP contribution is 2.33. The third-order valence-electron chi connectivity index (χ3n) is 5.73. The predicted octanol–water partition coefficient (Wildman–Crippen LogP) is 5.33. The molecule has 0 saturated heterocycles. The number of benzene rings is 1. The number of aromatic hydroxyl groups is 1. The Labute approximate surface area is 180 Å². The molecular formula is C23H26ClFN4O. The van der Waals surface area contributed by atoms with E-state index in [0.29, 0.717) is 17.3 Å². The van der Waals surface area contributed by atoms with Crippen LogP contribution >= 0.6 is 11.6 Å². The van der Waals surface area contributed by atoms with Crippen LogP contribution < -0.4 is 5.32 Å². The van der Waals surface area contributed by atoms with E-state index in [4.69, 9.17) is 16.6 Å². The molecule has 0 bridgehead atoms. The Bertz CT molecular complexity index is 1030. The van der Waals surface area contributed by atoms with Crippen molar-refractivity contribution >= 4 is 28.3 Å². The van der Waals surface area contributed by atoms with Crippen LogP contribution in [0.3, 0.4) is 0 Å². The van der Waals surface area contributed by atoms with Gasteiger partial charge in [0.1, 0.15) is 5.52 Å². The number of rotatable bonds is 5. The quantitative estimate of drug-likeness (QED) is 0.575. The van der Waals surface area contributed by atoms with Gasteiger partial charge in [-0.15, -0.1) is 0 Å². The van der Waals surface area contributed by atoms with Gasteiger partial charge in [0.15, 0.2) is 11.6 Å². The summed E-state index contributed by atoms with van der Waals surface area (Å²) in [7, 11) is 4.26. The number of anilines is 1. The molecule has 0 radical (unpaired) electrons. The molecule has 0 spiro atoms. The van der Waals surface area contributed by atoms with Gasteiger partial charge in [0, 0.05) is 24.3 Å². The van der Waals surface area contributed by atoms with Crippen molar-refractivity contribution in [3.63, 3.8) is 0 Å². The molecule has 1 aliphatic rings.